The first-order valence-corrected chi connectivity index (χ1v) is 9.53. The fourth-order valence-electron chi connectivity index (χ4n) is 1.72. The van der Waals surface area contributed by atoms with Crippen LogP contribution in [0.3, 0.4) is 0 Å². The van der Waals surface area contributed by atoms with Crippen molar-refractivity contribution in [1.82, 2.24) is 30.8 Å². The van der Waals surface area contributed by atoms with Gasteiger partial charge in [0.15, 0.2) is 20.2 Å². The zero-order valence-corrected chi connectivity index (χ0v) is 21.1. The number of benzene rings is 1. The van der Waals surface area contributed by atoms with E-state index in [-0.39, 0.29) is 50.5 Å². The number of hydrogen-bond acceptors (Lipinski definition) is 12. The zero-order valence-electron chi connectivity index (χ0n) is 16.9. The van der Waals surface area contributed by atoms with E-state index in [0.717, 1.165) is 6.42 Å². The average molecular weight is 722 g/mol. The molecule has 0 spiro atoms. The van der Waals surface area contributed by atoms with Gasteiger partial charge in [0.2, 0.25) is 0 Å². The van der Waals surface area contributed by atoms with Crippen molar-refractivity contribution >= 4 is 20.2 Å². The SMILES string of the molecule is N.N.N.N.N.O=S(=O)([O-])C(F)(F)F.O=S(=O)([O-])C(F)(F)F.Oc1ccc2c(c1)CCCC2.[Os+2]. The number of hydrogen-bond donors (Lipinski definition) is 6. The molecule has 16 N–H and O–H groups in total. The molecule has 2 rings (SSSR count). The molecular formula is C12H27F6N5O7OsS2. The molecule has 0 bridgehead atoms. The van der Waals surface area contributed by atoms with Crippen molar-refractivity contribution in [3.63, 3.8) is 0 Å². The van der Waals surface area contributed by atoms with Crippen molar-refractivity contribution < 1.29 is 77.2 Å². The fraction of sp³-hybridized carbons (Fsp3) is 0.500. The van der Waals surface area contributed by atoms with Crippen LogP contribution in [0.5, 0.6) is 5.75 Å². The molecule has 0 unspecified atom stereocenters. The molecule has 0 heterocycles. The second-order valence-corrected chi connectivity index (χ2v) is 7.70. The summed E-state index contributed by atoms with van der Waals surface area (Å²) < 4.78 is 118. The first kappa shape index (κ1) is 49.1. The van der Waals surface area contributed by atoms with E-state index in [1.54, 1.807) is 6.07 Å². The van der Waals surface area contributed by atoms with Gasteiger partial charge in [0.1, 0.15) is 5.75 Å². The minimum Gasteiger partial charge on any atom is -0.741 e. The van der Waals surface area contributed by atoms with Gasteiger partial charge in [-0.25, -0.2) is 16.8 Å². The van der Waals surface area contributed by atoms with E-state index in [4.69, 9.17) is 25.9 Å². The molecule has 0 atom stereocenters. The quantitative estimate of drug-likeness (QED) is 0.128. The second kappa shape index (κ2) is 18.2. The largest absolute Gasteiger partial charge is 2.00 e. The molecular weight excluding hydrogens is 695 g/mol. The van der Waals surface area contributed by atoms with Crippen molar-refractivity contribution in [1.29, 1.82) is 0 Å². The average Bonchev–Trinajstić information content (AvgIpc) is 2.44. The fourth-order valence-corrected chi connectivity index (χ4v) is 1.72. The van der Waals surface area contributed by atoms with Gasteiger partial charge in [-0.05, 0) is 48.9 Å². The molecule has 12 nitrogen and oxygen atoms in total. The monoisotopic (exact) mass is 723 g/mol. The van der Waals surface area contributed by atoms with Gasteiger partial charge in [-0.3, -0.25) is 0 Å². The molecule has 0 amide bonds. The number of phenolic OH excluding ortho intramolecular Hbond substituents is 1. The normalized spacial score (nSPS) is 12.1. The maximum absolute atomic E-state index is 10.7. The van der Waals surface area contributed by atoms with E-state index in [2.05, 4.69) is 0 Å². The maximum atomic E-state index is 10.7. The molecule has 0 saturated heterocycles. The number of fused-ring (bicyclic) bond motifs is 1. The van der Waals surface area contributed by atoms with E-state index in [9.17, 15) is 31.4 Å². The summed E-state index contributed by atoms with van der Waals surface area (Å²) in [5.74, 6) is 0.408. The molecule has 1 aromatic carbocycles. The summed E-state index contributed by atoms with van der Waals surface area (Å²) in [6.07, 6.45) is 4.91. The predicted molar refractivity (Wildman–Crippen MR) is 101 cm³/mol. The topological polar surface area (TPSA) is 310 Å². The van der Waals surface area contributed by atoms with Crippen LogP contribution in [0.15, 0.2) is 18.2 Å². The summed E-state index contributed by atoms with van der Waals surface area (Å²) in [6.45, 7) is 0. The summed E-state index contributed by atoms with van der Waals surface area (Å²) in [7, 11) is -12.2. The Balaban J connectivity index is -0.0000000575. The van der Waals surface area contributed by atoms with Crippen molar-refractivity contribution in [2.75, 3.05) is 0 Å². The van der Waals surface area contributed by atoms with Gasteiger partial charge in [-0.2, -0.15) is 26.3 Å². The molecule has 0 aromatic heterocycles. The van der Waals surface area contributed by atoms with Gasteiger partial charge < -0.3 is 45.0 Å². The Kier molecular flexibility index (Phi) is 27.1. The molecule has 1 aliphatic rings. The molecule has 0 fully saturated rings. The molecule has 204 valence electrons. The maximum Gasteiger partial charge on any atom is 2.00 e. The van der Waals surface area contributed by atoms with Crippen LogP contribution in [-0.4, -0.2) is 42.1 Å². The smallest absolute Gasteiger partial charge is 0.741 e. The number of halogens is 6. The zero-order chi connectivity index (χ0) is 21.7. The van der Waals surface area contributed by atoms with Gasteiger partial charge in [0.05, 0.1) is 0 Å². The third-order valence-corrected chi connectivity index (χ3v) is 4.03. The Hall–Kier alpha value is -1.14. The Morgan fingerprint density at radius 1 is 0.697 bits per heavy atom. The minimum atomic E-state index is -6.09. The van der Waals surface area contributed by atoms with Gasteiger partial charge in [-0.15, -0.1) is 0 Å². The van der Waals surface area contributed by atoms with E-state index in [0.29, 0.717) is 5.75 Å². The van der Waals surface area contributed by atoms with E-state index >= 15 is 0 Å². The van der Waals surface area contributed by atoms with Crippen LogP contribution < -0.4 is 30.8 Å². The first-order chi connectivity index (χ1) is 11.9. The van der Waals surface area contributed by atoms with Crippen molar-refractivity contribution in [3.8, 4) is 5.75 Å². The van der Waals surface area contributed by atoms with Crippen LogP contribution >= 0.6 is 0 Å². The van der Waals surface area contributed by atoms with Gasteiger partial charge in [-0.1, -0.05) is 6.07 Å². The molecule has 1 aromatic rings. The first-order valence-electron chi connectivity index (χ1n) is 6.71. The van der Waals surface area contributed by atoms with Crippen molar-refractivity contribution in [2.24, 2.45) is 0 Å². The van der Waals surface area contributed by atoms with Crippen LogP contribution in [0, 0.1) is 0 Å². The standard InChI is InChI=1S/C10H12O.2CHF3O3S.5H3N.Os/c11-10-6-5-8-3-1-2-4-9(8)7-10;2*2-1(3,4)8(5,6)7;;;;;;/h5-7,11H,1-4H2;2*(H,5,6,7);5*1H3;/q;;;;;;;;+2/p-2. The van der Waals surface area contributed by atoms with Gasteiger partial charge >= 0.3 is 30.8 Å². The van der Waals surface area contributed by atoms with Crippen LogP contribution in [-0.2, 0) is 52.9 Å². The van der Waals surface area contributed by atoms with Crippen LogP contribution in [0.1, 0.15) is 24.0 Å². The molecule has 33 heavy (non-hydrogen) atoms. The summed E-state index contributed by atoms with van der Waals surface area (Å²) in [4.78, 5) is 0. The Bertz CT molecular complexity index is 813. The summed E-state index contributed by atoms with van der Waals surface area (Å²) in [5, 5.41) is 9.19. The number of phenols is 1. The molecule has 1 aliphatic carbocycles. The Morgan fingerprint density at radius 3 is 1.24 bits per heavy atom. The minimum absolute atomic E-state index is 0. The van der Waals surface area contributed by atoms with Crippen LogP contribution in [0.25, 0.3) is 0 Å². The summed E-state index contributed by atoms with van der Waals surface area (Å²) in [5.41, 5.74) is -8.52. The van der Waals surface area contributed by atoms with E-state index in [1.807, 2.05) is 12.1 Å². The molecule has 0 radical (unpaired) electrons. The van der Waals surface area contributed by atoms with Crippen LogP contribution in [0.2, 0.25) is 0 Å². The third kappa shape index (κ3) is 18.9. The van der Waals surface area contributed by atoms with Gasteiger partial charge in [0.25, 0.3) is 0 Å². The van der Waals surface area contributed by atoms with Crippen molar-refractivity contribution in [3.05, 3.63) is 29.3 Å². The van der Waals surface area contributed by atoms with Crippen LogP contribution in [0.4, 0.5) is 26.3 Å². The second-order valence-electron chi connectivity index (χ2n) is 4.96. The number of aromatic hydroxyl groups is 1. The molecule has 0 saturated carbocycles. The van der Waals surface area contributed by atoms with Crippen molar-refractivity contribution in [2.45, 2.75) is 36.7 Å². The van der Waals surface area contributed by atoms with E-state index in [1.165, 1.54) is 30.4 Å². The summed E-state index contributed by atoms with van der Waals surface area (Å²) in [6, 6.07) is 5.72. The Labute approximate surface area is 200 Å². The molecule has 21 heteroatoms. The third-order valence-electron chi connectivity index (χ3n) is 2.90. The molecule has 0 aliphatic heterocycles. The van der Waals surface area contributed by atoms with Gasteiger partial charge in [0, 0.05) is 0 Å². The number of alkyl halides is 6. The number of aryl methyl sites for hydroxylation is 2. The van der Waals surface area contributed by atoms with E-state index < -0.39 is 31.3 Å². The Morgan fingerprint density at radius 2 is 0.970 bits per heavy atom. The number of rotatable bonds is 0. The summed E-state index contributed by atoms with van der Waals surface area (Å²) >= 11 is 0. The predicted octanol–water partition coefficient (Wildman–Crippen LogP) is 3.18.